The van der Waals surface area contributed by atoms with Crippen molar-refractivity contribution in [2.24, 2.45) is 0 Å². The fourth-order valence-corrected chi connectivity index (χ4v) is 8.87. The van der Waals surface area contributed by atoms with Crippen molar-refractivity contribution in [1.82, 2.24) is 29.4 Å². The molecule has 50 heavy (non-hydrogen) atoms. The van der Waals surface area contributed by atoms with Gasteiger partial charge in [-0.2, -0.15) is 56.4 Å². The fraction of sp³-hybridized carbons (Fsp3) is 0.0930. The minimum absolute atomic E-state index is 0. The summed E-state index contributed by atoms with van der Waals surface area (Å²) in [6.45, 7) is 6.72. The Morgan fingerprint density at radius 3 is 0.980 bits per heavy atom. The smallest absolute Gasteiger partial charge is 0.0517 e. The van der Waals surface area contributed by atoms with Gasteiger partial charge in [-0.05, 0) is 43.1 Å². The summed E-state index contributed by atoms with van der Waals surface area (Å²) in [7, 11) is 0. The summed E-state index contributed by atoms with van der Waals surface area (Å²) in [6, 6.07) is 45.8. The van der Waals surface area contributed by atoms with Gasteiger partial charge in [0.15, 0.2) is 0 Å². The van der Waals surface area contributed by atoms with E-state index in [0.717, 1.165) is 33.4 Å². The molecule has 6 nitrogen and oxygen atoms in total. The summed E-state index contributed by atoms with van der Waals surface area (Å²) in [4.78, 5) is 13.9. The van der Waals surface area contributed by atoms with Crippen LogP contribution in [0.5, 0.6) is 0 Å². The van der Waals surface area contributed by atoms with Crippen molar-refractivity contribution >= 4 is 32.3 Å². The molecule has 1 fully saturated rings. The molecule has 245 valence electrons. The molecule has 7 aliphatic heterocycles. The van der Waals surface area contributed by atoms with E-state index in [1.807, 2.05) is 0 Å². The van der Waals surface area contributed by atoms with Crippen LogP contribution in [0.4, 0.5) is 0 Å². The van der Waals surface area contributed by atoms with E-state index in [0.29, 0.717) is 0 Å². The van der Waals surface area contributed by atoms with Crippen LogP contribution >= 0.6 is 0 Å². The van der Waals surface area contributed by atoms with Crippen LogP contribution in [-0.2, 0) is 20.1 Å². The molecule has 7 aliphatic rings. The summed E-state index contributed by atoms with van der Waals surface area (Å²) >= 11 is 0. The van der Waals surface area contributed by atoms with E-state index in [-0.39, 0.29) is 44.5 Å². The second-order valence-electron chi connectivity index (χ2n) is 13.7. The van der Waals surface area contributed by atoms with Crippen LogP contribution in [0, 0.1) is 38.2 Å². The number of rotatable bonds is 0. The Morgan fingerprint density at radius 2 is 0.680 bits per heavy atom. The zero-order chi connectivity index (χ0) is 31.8. The number of hydrogen-bond acceptors (Lipinski definition) is 6. The van der Waals surface area contributed by atoms with Crippen molar-refractivity contribution in [1.29, 1.82) is 0 Å². The molecule has 7 heteroatoms. The average molecular weight is 821 g/mol. The molecule has 0 aromatic heterocycles. The van der Waals surface area contributed by atoms with Gasteiger partial charge < -0.3 is 29.4 Å². The molecule has 0 aliphatic carbocycles. The van der Waals surface area contributed by atoms with Gasteiger partial charge in [-0.25, -0.2) is 0 Å². The largest absolute Gasteiger partial charge is 0.490 e. The van der Waals surface area contributed by atoms with Crippen LogP contribution in [0.3, 0.4) is 0 Å². The third kappa shape index (κ3) is 3.87. The predicted molar refractivity (Wildman–Crippen MR) is 189 cm³/mol. The van der Waals surface area contributed by atoms with Crippen LogP contribution in [-0.4, -0.2) is 29.4 Å². The SMILES string of the molecule is [Ir].[c-]1c2cc3ccccc3c1C1c3[c-]c(cc4ccccc34)C3N4C=CN([CH-]4)C2N2C=CN([CH-]2)C(c2[c-]c1c1ccccc1c2)N1C=CN3[CH-]1. The first-order chi connectivity index (χ1) is 24.2. The van der Waals surface area contributed by atoms with Gasteiger partial charge in [0.2, 0.25) is 0 Å². The van der Waals surface area contributed by atoms with Crippen molar-refractivity contribution in [2.45, 2.75) is 24.4 Å². The molecule has 7 heterocycles. The van der Waals surface area contributed by atoms with Gasteiger partial charge in [-0.15, -0.1) is 83.9 Å². The maximum Gasteiger partial charge on any atom is 0.0517 e. The molecule has 13 rings (SSSR count). The zero-order valence-corrected chi connectivity index (χ0v) is 29.1. The Morgan fingerprint density at radius 1 is 0.400 bits per heavy atom. The quantitative estimate of drug-likeness (QED) is 0.143. The Labute approximate surface area is 304 Å². The summed E-state index contributed by atoms with van der Waals surface area (Å²) < 4.78 is 0. The molecule has 6 aromatic carbocycles. The van der Waals surface area contributed by atoms with E-state index in [1.54, 1.807) is 0 Å². The van der Waals surface area contributed by atoms with Crippen molar-refractivity contribution in [3.8, 4) is 0 Å². The van der Waals surface area contributed by atoms with Crippen LogP contribution in [0.1, 0.15) is 57.8 Å². The first kappa shape index (κ1) is 28.6. The molecule has 1 saturated heterocycles. The number of fused-ring (bicyclic) bond motifs is 3. The Balaban J connectivity index is 0.00000300. The maximum atomic E-state index is 4.11. The Kier molecular flexibility index (Phi) is 5.94. The molecule has 0 atom stereocenters. The molecule has 0 spiro atoms. The Hall–Kier alpha value is -5.23. The monoisotopic (exact) mass is 821 g/mol. The van der Waals surface area contributed by atoms with E-state index < -0.39 is 0 Å². The van der Waals surface area contributed by atoms with Gasteiger partial charge in [-0.3, -0.25) is 0 Å². The average Bonchev–Trinajstić information content (AvgIpc) is 3.91. The van der Waals surface area contributed by atoms with Crippen molar-refractivity contribution in [2.75, 3.05) is 0 Å². The zero-order valence-electron chi connectivity index (χ0n) is 26.7. The molecule has 16 bridgehead atoms. The molecule has 0 amide bonds. The number of hydrogen-bond donors (Lipinski definition) is 0. The van der Waals surface area contributed by atoms with E-state index in [1.165, 1.54) is 32.3 Å². The van der Waals surface area contributed by atoms with Gasteiger partial charge >= 0.3 is 0 Å². The molecular weight excluding hydrogens is 793 g/mol. The third-order valence-electron chi connectivity index (χ3n) is 11.0. The minimum atomic E-state index is -0.196. The van der Waals surface area contributed by atoms with Crippen molar-refractivity contribution in [3.05, 3.63) is 200 Å². The fourth-order valence-electron chi connectivity index (χ4n) is 8.87. The van der Waals surface area contributed by atoms with Crippen LogP contribution in [0.15, 0.2) is 128 Å². The van der Waals surface area contributed by atoms with E-state index >= 15 is 0 Å². The second-order valence-corrected chi connectivity index (χ2v) is 13.7. The van der Waals surface area contributed by atoms with Crippen LogP contribution in [0.25, 0.3) is 32.3 Å². The summed E-state index contributed by atoms with van der Waals surface area (Å²) in [5.41, 5.74) is 6.75. The first-order valence-electron chi connectivity index (χ1n) is 16.8. The molecule has 1 radical (unpaired) electrons. The summed E-state index contributed by atoms with van der Waals surface area (Å²) in [5.74, 6) is -0.196. The molecule has 0 unspecified atom stereocenters. The maximum absolute atomic E-state index is 4.11. The van der Waals surface area contributed by atoms with Gasteiger partial charge in [0.25, 0.3) is 0 Å². The summed E-state index contributed by atoms with van der Waals surface area (Å²) in [5, 5.41) is 7.18. The first-order valence-corrected chi connectivity index (χ1v) is 16.8. The van der Waals surface area contributed by atoms with Crippen molar-refractivity contribution < 1.29 is 20.1 Å². The molecule has 0 saturated carbocycles. The normalized spacial score (nSPS) is 23.5. The molecular formula is C43H28IrN6-6. The Bertz CT molecular complexity index is 2180. The third-order valence-corrected chi connectivity index (χ3v) is 11.0. The molecule has 6 aromatic rings. The summed E-state index contributed by atoms with van der Waals surface area (Å²) in [6.07, 6.45) is 12.7. The van der Waals surface area contributed by atoms with E-state index in [4.69, 9.17) is 0 Å². The second kappa shape index (κ2) is 10.4. The van der Waals surface area contributed by atoms with E-state index in [9.17, 15) is 0 Å². The predicted octanol–water partition coefficient (Wildman–Crippen LogP) is 8.39. The topological polar surface area (TPSA) is 19.4 Å². The van der Waals surface area contributed by atoms with Crippen LogP contribution < -0.4 is 0 Å². The van der Waals surface area contributed by atoms with Gasteiger partial charge in [0.05, 0.1) is 18.5 Å². The van der Waals surface area contributed by atoms with Crippen molar-refractivity contribution in [3.63, 3.8) is 0 Å². The van der Waals surface area contributed by atoms with E-state index in [2.05, 4.69) is 196 Å². The van der Waals surface area contributed by atoms with Gasteiger partial charge in [-0.1, -0.05) is 54.6 Å². The van der Waals surface area contributed by atoms with Crippen LogP contribution in [0.2, 0.25) is 0 Å². The van der Waals surface area contributed by atoms with Gasteiger partial charge in [0, 0.05) is 20.1 Å². The number of benzene rings is 6. The molecule has 0 N–H and O–H groups in total. The number of nitrogens with zero attached hydrogens (tertiary/aromatic N) is 6. The minimum Gasteiger partial charge on any atom is -0.490 e. The standard InChI is InChI=1S/C43H28N6.Ir/c1-4-10-34-28(7-1)19-31-22-37(34)40-38-23-32(20-29-8-2-5-11-35(29)38)42-46-15-13-44(25-46)41(31)45-14-16-47(26-45)43(49-18-17-48(42)27-49)33-21-30-9-3-6-12-36(30)39(40)24-33;/h1-21,25-27,40-43H;/q-6;. The van der Waals surface area contributed by atoms with Gasteiger partial charge in [0.1, 0.15) is 0 Å².